The molecule has 0 unspecified atom stereocenters. The van der Waals surface area contributed by atoms with Crippen molar-refractivity contribution < 1.29 is 17.9 Å². The number of halogens is 1. The van der Waals surface area contributed by atoms with Crippen LogP contribution in [0.25, 0.3) is 5.70 Å². The number of ether oxygens (including phenoxy) is 2. The molecular weight excluding hydrogens is 420 g/mol. The topological polar surface area (TPSA) is 67.9 Å². The highest BCUT2D eigenvalue weighted by atomic mass is 79.9. The lowest BCUT2D eigenvalue weighted by atomic mass is 10.0. The van der Waals surface area contributed by atoms with Gasteiger partial charge in [-0.3, -0.25) is 0 Å². The molecule has 8 heteroatoms. The molecule has 0 bridgehead atoms. The standard InChI is InChI=1S/C18H19BrN2O4S/c1-24-17-6-4-5-14(18(17)25-2)16-11-15(20-21(16)26(3,22)23)12-7-9-13(19)10-8-12/h4-11,16,20H,1-3H3/t16-/m0/s1. The Bertz CT molecular complexity index is 942. The number of methoxy groups -OCH3 is 2. The number of benzene rings is 2. The fourth-order valence-corrected chi connectivity index (χ4v) is 4.01. The molecule has 0 fully saturated rings. The summed E-state index contributed by atoms with van der Waals surface area (Å²) in [6, 6.07) is 12.5. The zero-order chi connectivity index (χ0) is 18.9. The number of hydrazine groups is 1. The Morgan fingerprint density at radius 3 is 2.35 bits per heavy atom. The van der Waals surface area contributed by atoms with Gasteiger partial charge >= 0.3 is 0 Å². The van der Waals surface area contributed by atoms with Gasteiger partial charge in [-0.15, -0.1) is 4.41 Å². The lowest BCUT2D eigenvalue weighted by Gasteiger charge is -2.24. The van der Waals surface area contributed by atoms with Gasteiger partial charge in [0.25, 0.3) is 0 Å². The minimum atomic E-state index is -3.53. The van der Waals surface area contributed by atoms with Crippen molar-refractivity contribution in [2.75, 3.05) is 20.5 Å². The summed E-state index contributed by atoms with van der Waals surface area (Å²) < 4.78 is 37.7. The van der Waals surface area contributed by atoms with Gasteiger partial charge in [-0.05, 0) is 29.8 Å². The molecule has 1 aliphatic rings. The third kappa shape index (κ3) is 3.58. The highest BCUT2D eigenvalue weighted by Gasteiger charge is 2.35. The Morgan fingerprint density at radius 1 is 1.08 bits per heavy atom. The van der Waals surface area contributed by atoms with Gasteiger partial charge in [0.05, 0.1) is 32.2 Å². The SMILES string of the molecule is COc1cccc([C@@H]2C=C(c3ccc(Br)cc3)NN2S(C)(=O)=O)c1OC. The minimum absolute atomic E-state index is 0.503. The van der Waals surface area contributed by atoms with Crippen molar-refractivity contribution in [1.82, 2.24) is 9.84 Å². The van der Waals surface area contributed by atoms with Crippen molar-refractivity contribution >= 4 is 31.7 Å². The Kier molecular flexibility index (Phi) is 5.27. The molecule has 0 amide bonds. The van der Waals surface area contributed by atoms with Crippen molar-refractivity contribution in [3.8, 4) is 11.5 Å². The lowest BCUT2D eigenvalue weighted by molar-refractivity contribution is 0.323. The van der Waals surface area contributed by atoms with E-state index in [0.717, 1.165) is 16.3 Å². The first-order valence-corrected chi connectivity index (χ1v) is 10.4. The number of hydrogen-bond acceptors (Lipinski definition) is 5. The summed E-state index contributed by atoms with van der Waals surface area (Å²) in [5.41, 5.74) is 5.28. The molecule has 0 aliphatic carbocycles. The second kappa shape index (κ2) is 7.30. The highest BCUT2D eigenvalue weighted by molar-refractivity contribution is 9.10. The highest BCUT2D eigenvalue weighted by Crippen LogP contribution is 2.41. The third-order valence-corrected chi connectivity index (χ3v) is 5.63. The van der Waals surface area contributed by atoms with Gasteiger partial charge in [0.1, 0.15) is 0 Å². The van der Waals surface area contributed by atoms with Crippen LogP contribution in [0.4, 0.5) is 0 Å². The Labute approximate surface area is 161 Å². The summed E-state index contributed by atoms with van der Waals surface area (Å²) in [4.78, 5) is 0. The smallest absolute Gasteiger partial charge is 0.228 e. The number of hydrogen-bond donors (Lipinski definition) is 1. The molecule has 2 aromatic carbocycles. The number of para-hydroxylation sites is 1. The molecule has 3 rings (SSSR count). The Morgan fingerprint density at radius 2 is 1.77 bits per heavy atom. The van der Waals surface area contributed by atoms with Gasteiger partial charge in [0, 0.05) is 10.0 Å². The van der Waals surface area contributed by atoms with E-state index in [4.69, 9.17) is 9.47 Å². The van der Waals surface area contributed by atoms with Crippen molar-refractivity contribution in [3.63, 3.8) is 0 Å². The molecule has 6 nitrogen and oxygen atoms in total. The fraction of sp³-hybridized carbons (Fsp3) is 0.222. The van der Waals surface area contributed by atoms with Gasteiger partial charge < -0.3 is 14.9 Å². The third-order valence-electron chi connectivity index (χ3n) is 4.07. The molecule has 1 atom stereocenters. The van der Waals surface area contributed by atoms with Crippen LogP contribution in [0.5, 0.6) is 11.5 Å². The average molecular weight is 439 g/mol. The van der Waals surface area contributed by atoms with Gasteiger partial charge in [-0.2, -0.15) is 0 Å². The number of nitrogens with one attached hydrogen (secondary N) is 1. The van der Waals surface area contributed by atoms with Crippen LogP contribution in [-0.4, -0.2) is 33.3 Å². The first kappa shape index (κ1) is 18.8. The molecule has 138 valence electrons. The van der Waals surface area contributed by atoms with Crippen molar-refractivity contribution in [3.05, 3.63) is 64.1 Å². The van der Waals surface area contributed by atoms with E-state index in [1.807, 2.05) is 42.5 Å². The second-order valence-corrected chi connectivity index (χ2v) is 8.56. The summed E-state index contributed by atoms with van der Waals surface area (Å²) in [6.45, 7) is 0. The van der Waals surface area contributed by atoms with Crippen LogP contribution >= 0.6 is 15.9 Å². The number of sulfonamides is 1. The number of rotatable bonds is 5. The fourth-order valence-electron chi connectivity index (χ4n) is 2.89. The van der Waals surface area contributed by atoms with Crippen LogP contribution in [0.15, 0.2) is 53.0 Å². The molecule has 0 saturated heterocycles. The Hall–Kier alpha value is -2.03. The molecule has 0 spiro atoms. The van der Waals surface area contributed by atoms with Crippen LogP contribution in [0.2, 0.25) is 0 Å². The first-order valence-electron chi connectivity index (χ1n) is 7.80. The van der Waals surface area contributed by atoms with E-state index in [0.29, 0.717) is 22.8 Å². The molecule has 1 N–H and O–H groups in total. The summed E-state index contributed by atoms with van der Waals surface area (Å²) in [7, 11) is -0.446. The summed E-state index contributed by atoms with van der Waals surface area (Å²) in [6.07, 6.45) is 3.03. The van der Waals surface area contributed by atoms with Gasteiger partial charge in [0.15, 0.2) is 11.5 Å². The lowest BCUT2D eigenvalue weighted by Crippen LogP contribution is -2.38. The normalized spacial score (nSPS) is 17.5. The minimum Gasteiger partial charge on any atom is -0.493 e. The van der Waals surface area contributed by atoms with Crippen molar-refractivity contribution in [1.29, 1.82) is 0 Å². The zero-order valence-electron chi connectivity index (χ0n) is 14.6. The quantitative estimate of drug-likeness (QED) is 0.774. The zero-order valence-corrected chi connectivity index (χ0v) is 17.0. The summed E-state index contributed by atoms with van der Waals surface area (Å²) >= 11 is 3.40. The summed E-state index contributed by atoms with van der Waals surface area (Å²) in [5, 5.41) is 0. The van der Waals surface area contributed by atoms with Crippen molar-refractivity contribution in [2.45, 2.75) is 6.04 Å². The van der Waals surface area contributed by atoms with Crippen LogP contribution in [-0.2, 0) is 10.0 Å². The van der Waals surface area contributed by atoms with E-state index in [-0.39, 0.29) is 0 Å². The molecular formula is C18H19BrN2O4S. The van der Waals surface area contributed by atoms with Gasteiger partial charge in [-0.1, -0.05) is 40.2 Å². The second-order valence-electron chi connectivity index (χ2n) is 5.79. The van der Waals surface area contributed by atoms with Crippen LogP contribution in [0.1, 0.15) is 17.2 Å². The molecule has 0 radical (unpaired) electrons. The van der Waals surface area contributed by atoms with Crippen molar-refractivity contribution in [2.24, 2.45) is 0 Å². The monoisotopic (exact) mass is 438 g/mol. The maximum atomic E-state index is 12.4. The first-order chi connectivity index (χ1) is 12.3. The van der Waals surface area contributed by atoms with E-state index in [1.54, 1.807) is 13.2 Å². The summed E-state index contributed by atoms with van der Waals surface area (Å²) in [5.74, 6) is 1.05. The molecule has 2 aromatic rings. The molecule has 0 aromatic heterocycles. The van der Waals surface area contributed by atoms with E-state index < -0.39 is 16.1 Å². The predicted molar refractivity (Wildman–Crippen MR) is 104 cm³/mol. The maximum absolute atomic E-state index is 12.4. The average Bonchev–Trinajstić information content (AvgIpc) is 3.07. The van der Waals surface area contributed by atoms with E-state index in [9.17, 15) is 8.42 Å². The molecule has 1 heterocycles. The van der Waals surface area contributed by atoms with Crippen LogP contribution in [0, 0.1) is 0 Å². The predicted octanol–water partition coefficient (Wildman–Crippen LogP) is 3.33. The molecule has 1 aliphatic heterocycles. The Balaban J connectivity index is 2.11. The molecule has 26 heavy (non-hydrogen) atoms. The number of nitrogens with zero attached hydrogens (tertiary/aromatic N) is 1. The van der Waals surface area contributed by atoms with E-state index >= 15 is 0 Å². The maximum Gasteiger partial charge on any atom is 0.228 e. The van der Waals surface area contributed by atoms with Gasteiger partial charge in [0.2, 0.25) is 10.0 Å². The van der Waals surface area contributed by atoms with Crippen LogP contribution in [0.3, 0.4) is 0 Å². The van der Waals surface area contributed by atoms with E-state index in [1.165, 1.54) is 11.5 Å². The molecule has 0 saturated carbocycles. The largest absolute Gasteiger partial charge is 0.493 e. The van der Waals surface area contributed by atoms with Crippen LogP contribution < -0.4 is 14.9 Å². The van der Waals surface area contributed by atoms with Gasteiger partial charge in [-0.25, -0.2) is 8.42 Å². The van der Waals surface area contributed by atoms with E-state index in [2.05, 4.69) is 21.4 Å².